The number of hydrogen-bond donors (Lipinski definition) is 0. The first-order valence-corrected chi connectivity index (χ1v) is 6.87. The Labute approximate surface area is 113 Å². The van der Waals surface area contributed by atoms with E-state index in [9.17, 15) is 0 Å². The number of hydrogen-bond acceptors (Lipinski definition) is 2. The smallest absolute Gasteiger partial charge is 0.129 e. The lowest BCUT2D eigenvalue weighted by atomic mass is 9.93. The highest BCUT2D eigenvalue weighted by atomic mass is 35.5. The number of rotatable bonds is 2. The van der Waals surface area contributed by atoms with Crippen LogP contribution >= 0.6 is 23.2 Å². The van der Waals surface area contributed by atoms with Crippen LogP contribution in [-0.4, -0.2) is 22.5 Å². The minimum atomic E-state index is 0.516. The third kappa shape index (κ3) is 3.34. The van der Waals surface area contributed by atoms with Crippen molar-refractivity contribution in [3.63, 3.8) is 0 Å². The van der Waals surface area contributed by atoms with E-state index < -0.39 is 0 Å². The molecule has 0 amide bonds. The van der Waals surface area contributed by atoms with E-state index in [-0.39, 0.29) is 0 Å². The van der Waals surface area contributed by atoms with Crippen LogP contribution in [0.4, 0.5) is 0 Å². The van der Waals surface area contributed by atoms with E-state index in [4.69, 9.17) is 23.2 Å². The largest absolute Gasteiger partial charge is 0.295 e. The van der Waals surface area contributed by atoms with Crippen LogP contribution in [0.2, 0.25) is 10.2 Å². The highest BCUT2D eigenvalue weighted by molar-refractivity contribution is 6.32. The molecule has 1 aromatic rings. The van der Waals surface area contributed by atoms with Gasteiger partial charge in [-0.3, -0.25) is 4.90 Å². The summed E-state index contributed by atoms with van der Waals surface area (Å²) in [5.74, 6) is 0.823. The van der Waals surface area contributed by atoms with Gasteiger partial charge in [0, 0.05) is 12.6 Å². The van der Waals surface area contributed by atoms with Crippen molar-refractivity contribution in [2.75, 3.05) is 6.54 Å². The summed E-state index contributed by atoms with van der Waals surface area (Å²) in [6.07, 6.45) is 2.50. The maximum absolute atomic E-state index is 6.14. The molecule has 1 saturated heterocycles. The lowest BCUT2D eigenvalue weighted by Crippen LogP contribution is -2.39. The predicted octanol–water partition coefficient (Wildman–Crippen LogP) is 4.01. The van der Waals surface area contributed by atoms with Gasteiger partial charge in [-0.15, -0.1) is 0 Å². The minimum absolute atomic E-state index is 0.516. The average Bonchev–Trinajstić information content (AvgIpc) is 2.27. The van der Waals surface area contributed by atoms with E-state index in [0.29, 0.717) is 16.2 Å². The molecule has 0 radical (unpaired) electrons. The maximum atomic E-state index is 6.14. The Morgan fingerprint density at radius 1 is 1.35 bits per heavy atom. The summed E-state index contributed by atoms with van der Waals surface area (Å²) < 4.78 is 0. The summed E-state index contributed by atoms with van der Waals surface area (Å²) in [6, 6.07) is 4.15. The normalized spacial score (nSPS) is 26.1. The Hall–Kier alpha value is -0.310. The Kier molecular flexibility index (Phi) is 4.29. The van der Waals surface area contributed by atoms with E-state index in [0.717, 1.165) is 24.7 Å². The molecule has 1 fully saturated rings. The molecule has 0 aliphatic carbocycles. The highest BCUT2D eigenvalue weighted by Crippen LogP contribution is 2.25. The van der Waals surface area contributed by atoms with Crippen molar-refractivity contribution in [2.45, 2.75) is 39.3 Å². The van der Waals surface area contributed by atoms with E-state index in [2.05, 4.69) is 23.7 Å². The van der Waals surface area contributed by atoms with Crippen molar-refractivity contribution >= 4 is 23.2 Å². The lowest BCUT2D eigenvalue weighted by molar-refractivity contribution is 0.121. The monoisotopic (exact) mass is 272 g/mol. The van der Waals surface area contributed by atoms with Crippen LogP contribution in [0.5, 0.6) is 0 Å². The Balaban J connectivity index is 2.07. The number of aromatic nitrogens is 1. The van der Waals surface area contributed by atoms with Crippen LogP contribution in [0.1, 0.15) is 32.4 Å². The van der Waals surface area contributed by atoms with E-state index in [1.54, 1.807) is 6.07 Å². The third-order valence-corrected chi connectivity index (χ3v) is 4.07. The molecule has 2 atom stereocenters. The fourth-order valence-corrected chi connectivity index (χ4v) is 2.78. The molecule has 2 nitrogen and oxygen atoms in total. The molecule has 2 unspecified atom stereocenters. The average molecular weight is 273 g/mol. The molecule has 4 heteroatoms. The molecule has 94 valence electrons. The fourth-order valence-electron chi connectivity index (χ4n) is 2.45. The van der Waals surface area contributed by atoms with Gasteiger partial charge in [0.25, 0.3) is 0 Å². The standard InChI is InChI=1S/C13H18Cl2N2/c1-9-5-6-17(10(2)7-9)8-12-11(14)3-4-13(15)16-12/h3-4,9-10H,5-8H2,1-2H3. The van der Waals surface area contributed by atoms with Crippen LogP contribution in [0.3, 0.4) is 0 Å². The summed E-state index contributed by atoms with van der Waals surface area (Å²) in [5.41, 5.74) is 0.889. The van der Waals surface area contributed by atoms with Gasteiger partial charge in [0.05, 0.1) is 10.7 Å². The first-order chi connectivity index (χ1) is 8.06. The molecule has 0 bridgehead atoms. The van der Waals surface area contributed by atoms with Crippen molar-refractivity contribution < 1.29 is 0 Å². The van der Waals surface area contributed by atoms with Crippen molar-refractivity contribution in [2.24, 2.45) is 5.92 Å². The van der Waals surface area contributed by atoms with Crippen molar-refractivity contribution in [1.82, 2.24) is 9.88 Å². The number of halogens is 2. The molecular formula is C13H18Cl2N2. The zero-order valence-electron chi connectivity index (χ0n) is 10.3. The van der Waals surface area contributed by atoms with Crippen LogP contribution in [0.15, 0.2) is 12.1 Å². The second-order valence-corrected chi connectivity index (χ2v) is 5.81. The molecule has 0 spiro atoms. The van der Waals surface area contributed by atoms with Gasteiger partial charge in [-0.25, -0.2) is 4.98 Å². The molecule has 2 heterocycles. The van der Waals surface area contributed by atoms with Crippen LogP contribution < -0.4 is 0 Å². The molecule has 2 rings (SSSR count). The van der Waals surface area contributed by atoms with Gasteiger partial charge >= 0.3 is 0 Å². The zero-order chi connectivity index (χ0) is 12.4. The first kappa shape index (κ1) is 13.1. The van der Waals surface area contributed by atoms with Crippen LogP contribution in [0.25, 0.3) is 0 Å². The Bertz CT molecular complexity index is 395. The third-order valence-electron chi connectivity index (χ3n) is 3.51. The molecular weight excluding hydrogens is 255 g/mol. The predicted molar refractivity (Wildman–Crippen MR) is 72.5 cm³/mol. The van der Waals surface area contributed by atoms with E-state index in [1.807, 2.05) is 6.07 Å². The minimum Gasteiger partial charge on any atom is -0.295 e. The van der Waals surface area contributed by atoms with Gasteiger partial charge < -0.3 is 0 Å². The maximum Gasteiger partial charge on any atom is 0.129 e. The van der Waals surface area contributed by atoms with Crippen molar-refractivity contribution in [3.05, 3.63) is 28.0 Å². The molecule has 1 aliphatic rings. The van der Waals surface area contributed by atoms with Crippen LogP contribution in [-0.2, 0) is 6.54 Å². The molecule has 0 aromatic carbocycles. The second kappa shape index (κ2) is 5.55. The summed E-state index contributed by atoms with van der Waals surface area (Å²) >= 11 is 12.0. The van der Waals surface area contributed by atoms with Gasteiger partial charge in [-0.2, -0.15) is 0 Å². The second-order valence-electron chi connectivity index (χ2n) is 5.01. The summed E-state index contributed by atoms with van der Waals surface area (Å²) in [5, 5.41) is 1.22. The zero-order valence-corrected chi connectivity index (χ0v) is 11.8. The molecule has 1 aliphatic heterocycles. The number of likely N-dealkylation sites (tertiary alicyclic amines) is 1. The van der Waals surface area contributed by atoms with E-state index >= 15 is 0 Å². The SMILES string of the molecule is CC1CCN(Cc2nc(Cl)ccc2Cl)C(C)C1. The number of pyridine rings is 1. The van der Waals surface area contributed by atoms with Gasteiger partial charge in [-0.05, 0) is 44.4 Å². The van der Waals surface area contributed by atoms with E-state index in [1.165, 1.54) is 12.8 Å². The number of nitrogens with zero attached hydrogens (tertiary/aromatic N) is 2. The fraction of sp³-hybridized carbons (Fsp3) is 0.615. The highest BCUT2D eigenvalue weighted by Gasteiger charge is 2.23. The lowest BCUT2D eigenvalue weighted by Gasteiger charge is -2.36. The van der Waals surface area contributed by atoms with Gasteiger partial charge in [0.2, 0.25) is 0 Å². The summed E-state index contributed by atoms with van der Waals surface area (Å²) in [6.45, 7) is 6.51. The first-order valence-electron chi connectivity index (χ1n) is 6.11. The van der Waals surface area contributed by atoms with Gasteiger partial charge in [-0.1, -0.05) is 30.1 Å². The molecule has 17 heavy (non-hydrogen) atoms. The van der Waals surface area contributed by atoms with Crippen LogP contribution in [0, 0.1) is 5.92 Å². The van der Waals surface area contributed by atoms with Gasteiger partial charge in [0.15, 0.2) is 0 Å². The Morgan fingerprint density at radius 2 is 2.12 bits per heavy atom. The quantitative estimate of drug-likeness (QED) is 0.757. The molecule has 0 saturated carbocycles. The van der Waals surface area contributed by atoms with Crippen molar-refractivity contribution in [1.29, 1.82) is 0 Å². The van der Waals surface area contributed by atoms with Gasteiger partial charge in [0.1, 0.15) is 5.15 Å². The molecule has 0 N–H and O–H groups in total. The molecule has 1 aromatic heterocycles. The summed E-state index contributed by atoms with van der Waals surface area (Å²) in [4.78, 5) is 6.75. The number of piperidine rings is 1. The summed E-state index contributed by atoms with van der Waals surface area (Å²) in [7, 11) is 0. The van der Waals surface area contributed by atoms with Crippen molar-refractivity contribution in [3.8, 4) is 0 Å². The Morgan fingerprint density at radius 3 is 2.82 bits per heavy atom. The topological polar surface area (TPSA) is 16.1 Å².